The van der Waals surface area contributed by atoms with E-state index in [0.717, 1.165) is 35.5 Å². The van der Waals surface area contributed by atoms with Gasteiger partial charge in [-0.15, -0.1) is 10.2 Å². The van der Waals surface area contributed by atoms with Gasteiger partial charge in [0.05, 0.1) is 6.54 Å². The minimum Gasteiger partial charge on any atom is -0.424 e. The summed E-state index contributed by atoms with van der Waals surface area (Å²) in [5, 5.41) is 11.3. The number of hydrogen-bond acceptors (Lipinski definition) is 4. The molecule has 1 aromatic rings. The van der Waals surface area contributed by atoms with E-state index in [-0.39, 0.29) is 0 Å². The number of hydrogen-bond donors (Lipinski definition) is 1. The first-order valence-corrected chi connectivity index (χ1v) is 6.35. The highest BCUT2D eigenvalue weighted by atomic mass is 16.4. The summed E-state index contributed by atoms with van der Waals surface area (Å²) in [4.78, 5) is 0. The van der Waals surface area contributed by atoms with Gasteiger partial charge in [0.2, 0.25) is 11.8 Å². The van der Waals surface area contributed by atoms with E-state index in [1.165, 1.54) is 19.3 Å². The van der Waals surface area contributed by atoms with Crippen molar-refractivity contribution in [3.63, 3.8) is 0 Å². The third-order valence-corrected chi connectivity index (χ3v) is 4.83. The highest BCUT2D eigenvalue weighted by molar-refractivity contribution is 5.22. The topological polar surface area (TPSA) is 51.0 Å². The van der Waals surface area contributed by atoms with Crippen molar-refractivity contribution >= 4 is 0 Å². The third-order valence-electron chi connectivity index (χ3n) is 4.83. The SMILES string of the molecule is CNCc1nnc(C2C3C4CCC(C4)C23)o1. The van der Waals surface area contributed by atoms with Gasteiger partial charge in [-0.2, -0.15) is 0 Å². The number of nitrogens with zero attached hydrogens (tertiary/aromatic N) is 2. The Morgan fingerprint density at radius 2 is 2.00 bits per heavy atom. The van der Waals surface area contributed by atoms with Gasteiger partial charge in [0.15, 0.2) is 0 Å². The van der Waals surface area contributed by atoms with Crippen molar-refractivity contribution < 1.29 is 4.42 Å². The number of aromatic nitrogens is 2. The average molecular weight is 219 g/mol. The predicted octanol–water partition coefficient (Wildman–Crippen LogP) is 1.55. The van der Waals surface area contributed by atoms with Gasteiger partial charge >= 0.3 is 0 Å². The Morgan fingerprint density at radius 1 is 1.25 bits per heavy atom. The Morgan fingerprint density at radius 3 is 2.69 bits per heavy atom. The normalized spacial score (nSPS) is 43.7. The van der Waals surface area contributed by atoms with E-state index in [0.29, 0.717) is 12.5 Å². The lowest BCUT2D eigenvalue weighted by Crippen LogP contribution is -2.04. The smallest absolute Gasteiger partial charge is 0.230 e. The summed E-state index contributed by atoms with van der Waals surface area (Å²) < 4.78 is 5.72. The summed E-state index contributed by atoms with van der Waals surface area (Å²) in [6.07, 6.45) is 4.36. The molecular formula is C12H17N3O. The van der Waals surface area contributed by atoms with Crippen LogP contribution in [0, 0.1) is 23.7 Å². The van der Waals surface area contributed by atoms with Gasteiger partial charge in [0.1, 0.15) is 0 Å². The van der Waals surface area contributed by atoms with Gasteiger partial charge in [0, 0.05) is 5.92 Å². The van der Waals surface area contributed by atoms with Gasteiger partial charge in [-0.05, 0) is 50.0 Å². The van der Waals surface area contributed by atoms with Crippen LogP contribution in [0.5, 0.6) is 0 Å². The van der Waals surface area contributed by atoms with E-state index in [1.807, 2.05) is 7.05 Å². The van der Waals surface area contributed by atoms with Crippen molar-refractivity contribution in [1.82, 2.24) is 15.5 Å². The molecule has 16 heavy (non-hydrogen) atoms. The molecule has 0 radical (unpaired) electrons. The molecule has 1 heterocycles. The highest BCUT2D eigenvalue weighted by Crippen LogP contribution is 2.72. The Kier molecular flexibility index (Phi) is 1.76. The minimum atomic E-state index is 0.615. The molecule has 3 aliphatic carbocycles. The molecular weight excluding hydrogens is 202 g/mol. The Balaban J connectivity index is 1.55. The van der Waals surface area contributed by atoms with Crippen LogP contribution < -0.4 is 5.32 Å². The molecule has 4 rings (SSSR count). The van der Waals surface area contributed by atoms with E-state index in [1.54, 1.807) is 0 Å². The molecule has 3 saturated carbocycles. The standard InChI is InChI=1S/C12H17N3O/c1-13-5-8-14-15-12(16-8)11-9-6-2-3-7(4-6)10(9)11/h6-7,9-11,13H,2-5H2,1H3. The molecule has 0 aliphatic heterocycles. The second-order valence-corrected chi connectivity index (χ2v) is 5.58. The lowest BCUT2D eigenvalue weighted by molar-refractivity contribution is 0.404. The van der Waals surface area contributed by atoms with Crippen LogP contribution in [0.3, 0.4) is 0 Å². The molecule has 0 aromatic carbocycles. The van der Waals surface area contributed by atoms with Gasteiger partial charge in [-0.1, -0.05) is 0 Å². The molecule has 1 N–H and O–H groups in total. The molecule has 4 nitrogen and oxygen atoms in total. The Labute approximate surface area is 94.8 Å². The van der Waals surface area contributed by atoms with Crippen molar-refractivity contribution in [3.05, 3.63) is 11.8 Å². The fraction of sp³-hybridized carbons (Fsp3) is 0.833. The number of rotatable bonds is 3. The maximum Gasteiger partial charge on any atom is 0.230 e. The monoisotopic (exact) mass is 219 g/mol. The molecule has 4 heteroatoms. The first-order valence-electron chi connectivity index (χ1n) is 6.35. The van der Waals surface area contributed by atoms with Gasteiger partial charge < -0.3 is 9.73 Å². The lowest BCUT2D eigenvalue weighted by atomic mass is 10.0. The van der Waals surface area contributed by atoms with Crippen molar-refractivity contribution in [1.29, 1.82) is 0 Å². The fourth-order valence-electron chi connectivity index (χ4n) is 4.28. The van der Waals surface area contributed by atoms with Crippen molar-refractivity contribution in [3.8, 4) is 0 Å². The minimum absolute atomic E-state index is 0.615. The molecule has 0 amide bonds. The summed E-state index contributed by atoms with van der Waals surface area (Å²) in [5.41, 5.74) is 0. The molecule has 4 atom stereocenters. The Bertz CT molecular complexity index is 400. The molecule has 0 spiro atoms. The van der Waals surface area contributed by atoms with E-state index in [2.05, 4.69) is 15.5 Å². The van der Waals surface area contributed by atoms with Crippen LogP contribution in [0.4, 0.5) is 0 Å². The van der Waals surface area contributed by atoms with E-state index < -0.39 is 0 Å². The van der Waals surface area contributed by atoms with Crippen LogP contribution >= 0.6 is 0 Å². The maximum atomic E-state index is 5.72. The molecule has 2 bridgehead atoms. The van der Waals surface area contributed by atoms with Gasteiger partial charge in [-0.25, -0.2) is 0 Å². The summed E-state index contributed by atoms with van der Waals surface area (Å²) in [5.74, 6) is 5.98. The average Bonchev–Trinajstić information content (AvgIpc) is 2.73. The molecule has 1 aromatic heterocycles. The second-order valence-electron chi connectivity index (χ2n) is 5.58. The van der Waals surface area contributed by atoms with E-state index in [9.17, 15) is 0 Å². The first-order chi connectivity index (χ1) is 7.88. The van der Waals surface area contributed by atoms with Crippen LogP contribution in [0.15, 0.2) is 4.42 Å². The Hall–Kier alpha value is -0.900. The zero-order valence-electron chi connectivity index (χ0n) is 9.52. The zero-order chi connectivity index (χ0) is 10.7. The summed E-state index contributed by atoms with van der Waals surface area (Å²) in [7, 11) is 1.90. The van der Waals surface area contributed by atoms with Gasteiger partial charge in [-0.3, -0.25) is 0 Å². The number of nitrogens with one attached hydrogen (secondary N) is 1. The molecule has 3 fully saturated rings. The fourth-order valence-corrected chi connectivity index (χ4v) is 4.28. The van der Waals surface area contributed by atoms with Crippen molar-refractivity contribution in [2.75, 3.05) is 7.05 Å². The van der Waals surface area contributed by atoms with Crippen molar-refractivity contribution in [2.24, 2.45) is 23.7 Å². The zero-order valence-corrected chi connectivity index (χ0v) is 9.52. The maximum absolute atomic E-state index is 5.72. The van der Waals surface area contributed by atoms with E-state index >= 15 is 0 Å². The molecule has 3 aliphatic rings. The second kappa shape index (κ2) is 3.06. The molecule has 4 unspecified atom stereocenters. The predicted molar refractivity (Wildman–Crippen MR) is 57.6 cm³/mol. The molecule has 86 valence electrons. The summed E-state index contributed by atoms with van der Waals surface area (Å²) >= 11 is 0. The van der Waals surface area contributed by atoms with Crippen LogP contribution in [-0.2, 0) is 6.54 Å². The summed E-state index contributed by atoms with van der Waals surface area (Å²) in [6, 6.07) is 0. The lowest BCUT2D eigenvalue weighted by Gasteiger charge is -2.04. The third kappa shape index (κ3) is 1.08. The van der Waals surface area contributed by atoms with Crippen LogP contribution in [0.1, 0.15) is 37.0 Å². The first kappa shape index (κ1) is 9.16. The van der Waals surface area contributed by atoms with Gasteiger partial charge in [0.25, 0.3) is 0 Å². The number of fused-ring (bicyclic) bond motifs is 5. The van der Waals surface area contributed by atoms with Crippen LogP contribution in [0.25, 0.3) is 0 Å². The van der Waals surface area contributed by atoms with Crippen molar-refractivity contribution in [2.45, 2.75) is 31.7 Å². The van der Waals surface area contributed by atoms with E-state index in [4.69, 9.17) is 4.42 Å². The quantitative estimate of drug-likeness (QED) is 0.838. The highest BCUT2D eigenvalue weighted by Gasteiger charge is 2.67. The largest absolute Gasteiger partial charge is 0.424 e. The molecule has 0 saturated heterocycles. The van der Waals surface area contributed by atoms with Crippen LogP contribution in [-0.4, -0.2) is 17.2 Å². The van der Waals surface area contributed by atoms with Crippen LogP contribution in [0.2, 0.25) is 0 Å². The summed E-state index contributed by atoms with van der Waals surface area (Å²) in [6.45, 7) is 0.682.